The molecule has 2 heterocycles. The van der Waals surface area contributed by atoms with Crippen LogP contribution in [-0.2, 0) is 6.54 Å². The molecule has 2 aromatic rings. The van der Waals surface area contributed by atoms with Crippen LogP contribution in [0.1, 0.15) is 50.3 Å². The van der Waals surface area contributed by atoms with Crippen molar-refractivity contribution in [2.75, 3.05) is 4.90 Å². The second-order valence-corrected chi connectivity index (χ2v) is 8.71. The van der Waals surface area contributed by atoms with Gasteiger partial charge in [-0.2, -0.15) is 13.2 Å². The molecule has 2 saturated carbocycles. The van der Waals surface area contributed by atoms with E-state index >= 15 is 0 Å². The molecule has 0 spiro atoms. The standard InChI is InChI=1S/C21H22ClF3N4/c22-15-5-7-16(8-6-15)28-11-18-20(29(12-26-18)17-9-10-17)27-19(28)13-1-3-14(4-2-13)21(23,24)25/h5-8,12-14,17H,1-4,9-11H2. The summed E-state index contributed by atoms with van der Waals surface area (Å²) in [6, 6.07) is 7.98. The molecule has 1 aromatic carbocycles. The Morgan fingerprint density at radius 3 is 2.28 bits per heavy atom. The number of rotatable bonds is 3. The summed E-state index contributed by atoms with van der Waals surface area (Å²) in [5.74, 6) is 0.563. The van der Waals surface area contributed by atoms with Crippen LogP contribution in [0, 0.1) is 11.8 Å². The van der Waals surface area contributed by atoms with Crippen molar-refractivity contribution in [1.29, 1.82) is 0 Å². The third-order valence-corrected chi connectivity index (χ3v) is 6.53. The largest absolute Gasteiger partial charge is 0.391 e. The molecular weight excluding hydrogens is 401 g/mol. The van der Waals surface area contributed by atoms with Crippen LogP contribution < -0.4 is 4.90 Å². The summed E-state index contributed by atoms with van der Waals surface area (Å²) >= 11 is 6.05. The van der Waals surface area contributed by atoms with Gasteiger partial charge in [-0.25, -0.2) is 9.98 Å². The van der Waals surface area contributed by atoms with Gasteiger partial charge in [0, 0.05) is 22.7 Å². The van der Waals surface area contributed by atoms with Gasteiger partial charge in [0.15, 0.2) is 5.82 Å². The number of halogens is 4. The van der Waals surface area contributed by atoms with E-state index in [0.29, 0.717) is 30.5 Å². The molecule has 0 bridgehead atoms. The van der Waals surface area contributed by atoms with Crippen molar-refractivity contribution in [2.24, 2.45) is 16.8 Å². The number of aromatic nitrogens is 2. The zero-order valence-electron chi connectivity index (χ0n) is 15.9. The predicted octanol–water partition coefficient (Wildman–Crippen LogP) is 6.29. The number of anilines is 1. The first-order valence-electron chi connectivity index (χ1n) is 10.1. The van der Waals surface area contributed by atoms with Crippen molar-refractivity contribution in [3.8, 4) is 0 Å². The maximum Gasteiger partial charge on any atom is 0.391 e. The molecule has 0 N–H and O–H groups in total. The number of aliphatic imine (C=N–C) groups is 1. The Labute approximate surface area is 172 Å². The molecule has 0 unspecified atom stereocenters. The van der Waals surface area contributed by atoms with Crippen LogP contribution in [0.2, 0.25) is 5.02 Å². The zero-order chi connectivity index (χ0) is 20.2. The summed E-state index contributed by atoms with van der Waals surface area (Å²) in [5.41, 5.74) is 1.86. The first-order chi connectivity index (χ1) is 13.9. The smallest absolute Gasteiger partial charge is 0.323 e. The van der Waals surface area contributed by atoms with Crippen LogP contribution in [0.25, 0.3) is 0 Å². The van der Waals surface area contributed by atoms with Crippen molar-refractivity contribution in [2.45, 2.75) is 57.3 Å². The van der Waals surface area contributed by atoms with E-state index in [1.54, 1.807) is 0 Å². The van der Waals surface area contributed by atoms with Gasteiger partial charge in [0.05, 0.1) is 18.8 Å². The summed E-state index contributed by atoms with van der Waals surface area (Å²) in [4.78, 5) is 11.7. The van der Waals surface area contributed by atoms with E-state index in [1.807, 2.05) is 30.6 Å². The minimum atomic E-state index is -4.10. The molecule has 8 heteroatoms. The number of hydrogen-bond acceptors (Lipinski definition) is 3. The number of fused-ring (bicyclic) bond motifs is 1. The molecule has 0 atom stereocenters. The zero-order valence-corrected chi connectivity index (χ0v) is 16.6. The van der Waals surface area contributed by atoms with E-state index < -0.39 is 12.1 Å². The molecule has 5 rings (SSSR count). The second kappa shape index (κ2) is 7.04. The van der Waals surface area contributed by atoms with E-state index in [0.717, 1.165) is 35.9 Å². The summed E-state index contributed by atoms with van der Waals surface area (Å²) in [6.45, 7) is 0.578. The van der Waals surface area contributed by atoms with E-state index in [2.05, 4.69) is 14.5 Å². The van der Waals surface area contributed by atoms with Crippen LogP contribution >= 0.6 is 11.6 Å². The molecule has 2 aliphatic carbocycles. The fraction of sp³-hybridized carbons (Fsp3) is 0.524. The molecule has 0 amide bonds. The third-order valence-electron chi connectivity index (χ3n) is 6.28. The van der Waals surface area contributed by atoms with E-state index in [4.69, 9.17) is 16.6 Å². The molecule has 1 aliphatic heterocycles. The van der Waals surface area contributed by atoms with Gasteiger partial charge >= 0.3 is 6.18 Å². The third kappa shape index (κ3) is 3.65. The lowest BCUT2D eigenvalue weighted by molar-refractivity contribution is -0.182. The maximum absolute atomic E-state index is 13.1. The second-order valence-electron chi connectivity index (χ2n) is 8.28. The lowest BCUT2D eigenvalue weighted by atomic mass is 9.80. The fourth-order valence-corrected chi connectivity index (χ4v) is 4.61. The SMILES string of the molecule is FC(F)(F)C1CCC(C2=Nc3c(ncn3C3CC3)CN2c2ccc(Cl)cc2)CC1. The van der Waals surface area contributed by atoms with Gasteiger partial charge in [0.25, 0.3) is 0 Å². The average molecular weight is 423 g/mol. The first kappa shape index (κ1) is 19.0. The topological polar surface area (TPSA) is 33.4 Å². The van der Waals surface area contributed by atoms with E-state index in [9.17, 15) is 13.2 Å². The van der Waals surface area contributed by atoms with Crippen molar-refractivity contribution in [3.63, 3.8) is 0 Å². The highest BCUT2D eigenvalue weighted by atomic mass is 35.5. The van der Waals surface area contributed by atoms with Gasteiger partial charge < -0.3 is 9.47 Å². The van der Waals surface area contributed by atoms with Crippen LogP contribution in [0.3, 0.4) is 0 Å². The summed E-state index contributed by atoms with van der Waals surface area (Å²) in [5, 5.41) is 0.647. The fourth-order valence-electron chi connectivity index (χ4n) is 4.48. The highest BCUT2D eigenvalue weighted by Gasteiger charge is 2.43. The molecular formula is C21H22ClF3N4. The van der Waals surface area contributed by atoms with Crippen molar-refractivity contribution in [3.05, 3.63) is 41.3 Å². The number of hydrogen-bond donors (Lipinski definition) is 0. The normalized spacial score (nSPS) is 25.0. The monoisotopic (exact) mass is 422 g/mol. The Kier molecular flexibility index (Phi) is 4.61. The molecule has 154 valence electrons. The number of alkyl halides is 3. The Bertz CT molecular complexity index is 922. The van der Waals surface area contributed by atoms with Gasteiger partial charge in [0.2, 0.25) is 0 Å². The minimum absolute atomic E-state index is 0.0139. The summed E-state index contributed by atoms with van der Waals surface area (Å²) < 4.78 is 41.5. The predicted molar refractivity (Wildman–Crippen MR) is 107 cm³/mol. The Balaban J connectivity index is 1.48. The van der Waals surface area contributed by atoms with Gasteiger partial charge in [-0.05, 0) is 62.8 Å². The Morgan fingerprint density at radius 2 is 1.66 bits per heavy atom. The highest BCUT2D eigenvalue weighted by Crippen LogP contribution is 2.44. The van der Waals surface area contributed by atoms with Crippen LogP contribution in [0.5, 0.6) is 0 Å². The molecule has 4 nitrogen and oxygen atoms in total. The molecule has 29 heavy (non-hydrogen) atoms. The average Bonchev–Trinajstić information content (AvgIpc) is 3.46. The Hall–Kier alpha value is -2.02. The molecule has 1 aromatic heterocycles. The van der Waals surface area contributed by atoms with Crippen molar-refractivity contribution in [1.82, 2.24) is 9.55 Å². The maximum atomic E-state index is 13.1. The molecule has 0 saturated heterocycles. The number of imidazole rings is 1. The Morgan fingerprint density at radius 1 is 0.966 bits per heavy atom. The lowest BCUT2D eigenvalue weighted by Crippen LogP contribution is -2.40. The molecule has 3 aliphatic rings. The van der Waals surface area contributed by atoms with Crippen LogP contribution in [0.15, 0.2) is 35.6 Å². The molecule has 2 fully saturated rings. The quantitative estimate of drug-likeness (QED) is 0.582. The lowest BCUT2D eigenvalue weighted by Gasteiger charge is -2.37. The van der Waals surface area contributed by atoms with Crippen LogP contribution in [-0.4, -0.2) is 21.6 Å². The van der Waals surface area contributed by atoms with Gasteiger partial charge in [-0.3, -0.25) is 0 Å². The van der Waals surface area contributed by atoms with Gasteiger partial charge in [0.1, 0.15) is 11.5 Å². The summed E-state index contributed by atoms with van der Waals surface area (Å²) in [7, 11) is 0. The van der Waals surface area contributed by atoms with E-state index in [1.165, 1.54) is 0 Å². The van der Waals surface area contributed by atoms with Crippen LogP contribution in [0.4, 0.5) is 24.7 Å². The number of nitrogens with zero attached hydrogens (tertiary/aromatic N) is 4. The van der Waals surface area contributed by atoms with Crippen molar-refractivity contribution >= 4 is 28.9 Å². The van der Waals surface area contributed by atoms with Gasteiger partial charge in [-0.1, -0.05) is 11.6 Å². The molecule has 0 radical (unpaired) electrons. The van der Waals surface area contributed by atoms with E-state index in [-0.39, 0.29) is 18.8 Å². The first-order valence-corrected chi connectivity index (χ1v) is 10.5. The number of benzene rings is 1. The van der Waals surface area contributed by atoms with Crippen molar-refractivity contribution < 1.29 is 13.2 Å². The highest BCUT2D eigenvalue weighted by molar-refractivity contribution is 6.30. The minimum Gasteiger partial charge on any atom is -0.323 e. The summed E-state index contributed by atoms with van der Waals surface area (Å²) in [6.07, 6.45) is 1.34. The number of amidine groups is 1. The van der Waals surface area contributed by atoms with Gasteiger partial charge in [-0.15, -0.1) is 0 Å².